The molecule has 0 radical (unpaired) electrons. The van der Waals surface area contributed by atoms with Crippen molar-refractivity contribution in [1.82, 2.24) is 4.90 Å². The number of fused-ring (bicyclic) bond motifs is 1. The number of amides is 2. The van der Waals surface area contributed by atoms with Crippen LogP contribution in [0, 0.1) is 11.3 Å². The maximum atomic E-state index is 12.3. The van der Waals surface area contributed by atoms with Gasteiger partial charge in [0.15, 0.2) is 0 Å². The summed E-state index contributed by atoms with van der Waals surface area (Å²) >= 11 is 1.41. The topological polar surface area (TPSA) is 73.2 Å². The summed E-state index contributed by atoms with van der Waals surface area (Å²) in [4.78, 5) is 26.6. The average molecular weight is 353 g/mol. The molecule has 1 aromatic carbocycles. The average Bonchev–Trinajstić information content (AvgIpc) is 2.96. The fourth-order valence-corrected chi connectivity index (χ4v) is 4.20. The van der Waals surface area contributed by atoms with Crippen molar-refractivity contribution < 1.29 is 9.59 Å². The number of aryl methyl sites for hydroxylation is 1. The lowest BCUT2D eigenvalue weighted by Crippen LogP contribution is -2.33. The van der Waals surface area contributed by atoms with E-state index in [4.69, 9.17) is 0 Å². The van der Waals surface area contributed by atoms with Crippen molar-refractivity contribution in [3.63, 3.8) is 0 Å². The summed E-state index contributed by atoms with van der Waals surface area (Å²) in [6, 6.07) is 12.1. The molecule has 128 valence electrons. The van der Waals surface area contributed by atoms with Crippen molar-refractivity contribution in [2.24, 2.45) is 0 Å². The molecule has 2 aromatic rings. The fraction of sp³-hybridized carbons (Fsp3) is 0.316. The molecule has 0 bridgehead atoms. The molecule has 2 amide bonds. The van der Waals surface area contributed by atoms with Gasteiger partial charge in [0.05, 0.1) is 12.1 Å². The molecular weight excluding hydrogens is 334 g/mol. The molecule has 0 aliphatic carbocycles. The smallest absolute Gasteiger partial charge is 0.225 e. The molecule has 0 fully saturated rings. The molecule has 25 heavy (non-hydrogen) atoms. The van der Waals surface area contributed by atoms with Crippen LogP contribution in [0.2, 0.25) is 0 Å². The number of nitrogens with one attached hydrogen (secondary N) is 1. The van der Waals surface area contributed by atoms with Crippen LogP contribution in [0.1, 0.15) is 34.9 Å². The van der Waals surface area contributed by atoms with Crippen molar-refractivity contribution in [2.75, 3.05) is 11.9 Å². The van der Waals surface area contributed by atoms with Gasteiger partial charge in [-0.1, -0.05) is 30.3 Å². The third kappa shape index (κ3) is 3.89. The highest BCUT2D eigenvalue weighted by Crippen LogP contribution is 2.36. The first-order valence-corrected chi connectivity index (χ1v) is 9.04. The van der Waals surface area contributed by atoms with Crippen LogP contribution in [-0.4, -0.2) is 23.3 Å². The monoisotopic (exact) mass is 353 g/mol. The zero-order valence-corrected chi connectivity index (χ0v) is 14.9. The van der Waals surface area contributed by atoms with E-state index < -0.39 is 0 Å². The third-order valence-electron chi connectivity index (χ3n) is 4.35. The lowest BCUT2D eigenvalue weighted by atomic mass is 10.0. The van der Waals surface area contributed by atoms with E-state index in [1.165, 1.54) is 11.3 Å². The third-order valence-corrected chi connectivity index (χ3v) is 5.48. The predicted molar refractivity (Wildman–Crippen MR) is 97.2 cm³/mol. The second kappa shape index (κ2) is 7.49. The molecular formula is C19H19N3O2S. The van der Waals surface area contributed by atoms with E-state index in [9.17, 15) is 14.9 Å². The largest absolute Gasteiger partial charge is 0.337 e. The fourth-order valence-electron chi connectivity index (χ4n) is 2.97. The summed E-state index contributed by atoms with van der Waals surface area (Å²) < 4.78 is 0. The Labute approximate surface area is 150 Å². The molecule has 1 aromatic heterocycles. The SMILES string of the molecule is CC(=O)N1CCc2c(sc(NC(=O)CCc3ccccc3)c2C#N)C1. The van der Waals surface area contributed by atoms with Crippen LogP contribution >= 0.6 is 11.3 Å². The van der Waals surface area contributed by atoms with Crippen molar-refractivity contribution in [1.29, 1.82) is 5.26 Å². The van der Waals surface area contributed by atoms with Gasteiger partial charge >= 0.3 is 0 Å². The van der Waals surface area contributed by atoms with Crippen LogP contribution in [0.15, 0.2) is 30.3 Å². The maximum Gasteiger partial charge on any atom is 0.225 e. The first-order chi connectivity index (χ1) is 12.1. The summed E-state index contributed by atoms with van der Waals surface area (Å²) in [7, 11) is 0. The minimum Gasteiger partial charge on any atom is -0.337 e. The molecule has 0 unspecified atom stereocenters. The number of nitrogens with zero attached hydrogens (tertiary/aromatic N) is 2. The summed E-state index contributed by atoms with van der Waals surface area (Å²) in [5, 5.41) is 13.0. The van der Waals surface area contributed by atoms with E-state index in [0.29, 0.717) is 42.9 Å². The number of hydrogen-bond donors (Lipinski definition) is 1. The van der Waals surface area contributed by atoms with Crippen molar-refractivity contribution >= 4 is 28.2 Å². The molecule has 1 aliphatic heterocycles. The van der Waals surface area contributed by atoms with Gasteiger partial charge in [-0.25, -0.2) is 0 Å². The van der Waals surface area contributed by atoms with Gasteiger partial charge in [0.1, 0.15) is 11.1 Å². The summed E-state index contributed by atoms with van der Waals surface area (Å²) in [6.45, 7) is 2.69. The minimum atomic E-state index is -0.0950. The molecule has 3 rings (SSSR count). The number of anilines is 1. The Morgan fingerprint density at radius 2 is 2.08 bits per heavy atom. The first kappa shape index (κ1) is 17.2. The number of carbonyl (C=O) groups excluding carboxylic acids is 2. The van der Waals surface area contributed by atoms with E-state index in [-0.39, 0.29) is 11.8 Å². The van der Waals surface area contributed by atoms with Gasteiger partial charge in [0.25, 0.3) is 0 Å². The van der Waals surface area contributed by atoms with E-state index in [1.54, 1.807) is 11.8 Å². The zero-order valence-electron chi connectivity index (χ0n) is 14.0. The molecule has 2 heterocycles. The highest BCUT2D eigenvalue weighted by atomic mass is 32.1. The molecule has 0 spiro atoms. The molecule has 1 N–H and O–H groups in total. The maximum absolute atomic E-state index is 12.3. The van der Waals surface area contributed by atoms with Gasteiger partial charge in [0.2, 0.25) is 11.8 Å². The van der Waals surface area contributed by atoms with Gasteiger partial charge in [-0.3, -0.25) is 9.59 Å². The van der Waals surface area contributed by atoms with Crippen LogP contribution < -0.4 is 5.32 Å². The highest BCUT2D eigenvalue weighted by Gasteiger charge is 2.26. The Balaban J connectivity index is 1.69. The zero-order chi connectivity index (χ0) is 17.8. The standard InChI is InChI=1S/C19H19N3O2S/c1-13(23)22-10-9-15-16(11-20)19(25-17(15)12-22)21-18(24)8-7-14-5-3-2-4-6-14/h2-6H,7-10,12H2,1H3,(H,21,24). The number of rotatable bonds is 4. The van der Waals surface area contributed by atoms with E-state index >= 15 is 0 Å². The lowest BCUT2D eigenvalue weighted by molar-refractivity contribution is -0.129. The summed E-state index contributed by atoms with van der Waals surface area (Å²) in [5.41, 5.74) is 2.64. The number of thiophene rings is 1. The van der Waals surface area contributed by atoms with Gasteiger partial charge in [-0.15, -0.1) is 11.3 Å². The second-order valence-electron chi connectivity index (χ2n) is 6.04. The van der Waals surface area contributed by atoms with E-state index in [0.717, 1.165) is 16.0 Å². The van der Waals surface area contributed by atoms with Gasteiger partial charge in [0, 0.05) is 24.8 Å². The van der Waals surface area contributed by atoms with Crippen LogP contribution in [0.5, 0.6) is 0 Å². The molecule has 0 atom stereocenters. The number of carbonyl (C=O) groups is 2. The normalized spacial score (nSPS) is 13.0. The quantitative estimate of drug-likeness (QED) is 0.918. The number of benzene rings is 1. The van der Waals surface area contributed by atoms with Gasteiger partial charge in [-0.2, -0.15) is 5.26 Å². The number of hydrogen-bond acceptors (Lipinski definition) is 4. The second-order valence-corrected chi connectivity index (χ2v) is 7.15. The molecule has 0 saturated heterocycles. The first-order valence-electron chi connectivity index (χ1n) is 8.22. The highest BCUT2D eigenvalue weighted by molar-refractivity contribution is 7.16. The van der Waals surface area contributed by atoms with E-state index in [1.807, 2.05) is 30.3 Å². The predicted octanol–water partition coefficient (Wildman–Crippen LogP) is 3.10. The molecule has 1 aliphatic rings. The summed E-state index contributed by atoms with van der Waals surface area (Å²) in [5.74, 6) is -0.0617. The van der Waals surface area contributed by atoms with Crippen molar-refractivity contribution in [2.45, 2.75) is 32.7 Å². The molecule has 0 saturated carbocycles. The molecule has 5 nitrogen and oxygen atoms in total. The Morgan fingerprint density at radius 3 is 2.76 bits per heavy atom. The van der Waals surface area contributed by atoms with Crippen molar-refractivity contribution in [3.05, 3.63) is 51.9 Å². The Bertz CT molecular complexity index is 836. The van der Waals surface area contributed by atoms with Crippen LogP contribution in [-0.2, 0) is 29.0 Å². The van der Waals surface area contributed by atoms with E-state index in [2.05, 4.69) is 11.4 Å². The number of nitriles is 1. The summed E-state index contributed by atoms with van der Waals surface area (Å²) in [6.07, 6.45) is 1.70. The van der Waals surface area contributed by atoms with Gasteiger partial charge < -0.3 is 10.2 Å². The van der Waals surface area contributed by atoms with Crippen LogP contribution in [0.3, 0.4) is 0 Å². The Morgan fingerprint density at radius 1 is 1.32 bits per heavy atom. The van der Waals surface area contributed by atoms with Crippen molar-refractivity contribution in [3.8, 4) is 6.07 Å². The Hall–Kier alpha value is -2.65. The van der Waals surface area contributed by atoms with Crippen LogP contribution in [0.25, 0.3) is 0 Å². The lowest BCUT2D eigenvalue weighted by Gasteiger charge is -2.25. The van der Waals surface area contributed by atoms with Crippen LogP contribution in [0.4, 0.5) is 5.00 Å². The minimum absolute atomic E-state index is 0.0333. The Kier molecular flexibility index (Phi) is 5.15. The van der Waals surface area contributed by atoms with Gasteiger partial charge in [-0.05, 0) is 24.0 Å². The molecule has 6 heteroatoms.